The lowest BCUT2D eigenvalue weighted by Gasteiger charge is -2.34. The lowest BCUT2D eigenvalue weighted by Crippen LogP contribution is -2.45. The Morgan fingerprint density at radius 1 is 1.15 bits per heavy atom. The highest BCUT2D eigenvalue weighted by molar-refractivity contribution is 5.94. The van der Waals surface area contributed by atoms with Crippen molar-refractivity contribution in [3.63, 3.8) is 0 Å². The highest BCUT2D eigenvalue weighted by Crippen LogP contribution is 2.22. The number of nitrogens with zero attached hydrogens (tertiary/aromatic N) is 3. The quantitative estimate of drug-likeness (QED) is 0.787. The Bertz CT molecular complexity index is 936. The molecule has 0 unspecified atom stereocenters. The SMILES string of the molecule is O=C(c1ccc2nc(-c3ccc(F)cc3)cn2c1)N1CCCC[C@@H]1CO. The molecule has 3 aromatic rings. The van der Waals surface area contributed by atoms with Crippen LogP contribution in [0.3, 0.4) is 0 Å². The van der Waals surface area contributed by atoms with E-state index in [4.69, 9.17) is 0 Å². The molecule has 0 radical (unpaired) electrons. The van der Waals surface area contributed by atoms with E-state index in [1.54, 1.807) is 35.4 Å². The van der Waals surface area contributed by atoms with Crippen molar-refractivity contribution >= 4 is 11.6 Å². The van der Waals surface area contributed by atoms with Crippen LogP contribution in [0.25, 0.3) is 16.9 Å². The number of pyridine rings is 1. The van der Waals surface area contributed by atoms with E-state index >= 15 is 0 Å². The van der Waals surface area contributed by atoms with Gasteiger partial charge in [0.1, 0.15) is 11.5 Å². The second-order valence-corrected chi connectivity index (χ2v) is 6.65. The van der Waals surface area contributed by atoms with Crippen molar-refractivity contribution in [2.45, 2.75) is 25.3 Å². The molecule has 1 N–H and O–H groups in total. The summed E-state index contributed by atoms with van der Waals surface area (Å²) >= 11 is 0. The minimum atomic E-state index is -0.287. The van der Waals surface area contributed by atoms with Gasteiger partial charge in [-0.05, 0) is 55.7 Å². The molecule has 134 valence electrons. The molecule has 2 aromatic heterocycles. The van der Waals surface area contributed by atoms with E-state index in [1.165, 1.54) is 12.1 Å². The molecule has 4 rings (SSSR count). The van der Waals surface area contributed by atoms with Crippen molar-refractivity contribution in [1.82, 2.24) is 14.3 Å². The Morgan fingerprint density at radius 2 is 1.96 bits per heavy atom. The zero-order chi connectivity index (χ0) is 18.1. The van der Waals surface area contributed by atoms with Crippen LogP contribution in [0.2, 0.25) is 0 Å². The summed E-state index contributed by atoms with van der Waals surface area (Å²) < 4.78 is 14.9. The number of rotatable bonds is 3. The summed E-state index contributed by atoms with van der Waals surface area (Å²) in [6.07, 6.45) is 6.44. The zero-order valence-corrected chi connectivity index (χ0v) is 14.3. The van der Waals surface area contributed by atoms with Gasteiger partial charge >= 0.3 is 0 Å². The van der Waals surface area contributed by atoms with Gasteiger partial charge in [-0.3, -0.25) is 4.79 Å². The van der Waals surface area contributed by atoms with Gasteiger partial charge in [-0.2, -0.15) is 0 Å². The summed E-state index contributed by atoms with van der Waals surface area (Å²) in [7, 11) is 0. The van der Waals surface area contributed by atoms with E-state index in [0.717, 1.165) is 36.2 Å². The number of aromatic nitrogens is 2. The predicted octanol–water partition coefficient (Wildman–Crippen LogP) is 3.13. The lowest BCUT2D eigenvalue weighted by molar-refractivity contribution is 0.0502. The molecule has 0 aliphatic carbocycles. The first-order chi connectivity index (χ1) is 12.7. The molecular formula is C20H20FN3O2. The maximum Gasteiger partial charge on any atom is 0.255 e. The summed E-state index contributed by atoms with van der Waals surface area (Å²) in [5, 5.41) is 9.54. The van der Waals surface area contributed by atoms with Crippen molar-refractivity contribution in [2.24, 2.45) is 0 Å². The highest BCUT2D eigenvalue weighted by Gasteiger charge is 2.27. The topological polar surface area (TPSA) is 57.8 Å². The second-order valence-electron chi connectivity index (χ2n) is 6.65. The van der Waals surface area contributed by atoms with E-state index in [1.807, 2.05) is 10.6 Å². The van der Waals surface area contributed by atoms with Gasteiger partial charge in [0, 0.05) is 24.5 Å². The Kier molecular flexibility index (Phi) is 4.42. The Morgan fingerprint density at radius 3 is 2.73 bits per heavy atom. The molecule has 1 aliphatic heterocycles. The molecule has 1 atom stereocenters. The van der Waals surface area contributed by atoms with Crippen molar-refractivity contribution in [1.29, 1.82) is 0 Å². The molecule has 0 bridgehead atoms. The van der Waals surface area contributed by atoms with Crippen molar-refractivity contribution in [2.75, 3.05) is 13.2 Å². The minimum Gasteiger partial charge on any atom is -0.394 e. The summed E-state index contributed by atoms with van der Waals surface area (Å²) in [6.45, 7) is 0.667. The van der Waals surface area contributed by atoms with Gasteiger partial charge in [0.2, 0.25) is 0 Å². The molecule has 26 heavy (non-hydrogen) atoms. The van der Waals surface area contributed by atoms with Gasteiger partial charge in [0.25, 0.3) is 5.91 Å². The summed E-state index contributed by atoms with van der Waals surface area (Å²) in [6, 6.07) is 9.63. The average molecular weight is 353 g/mol. The average Bonchev–Trinajstić information content (AvgIpc) is 3.11. The van der Waals surface area contributed by atoms with Gasteiger partial charge in [-0.25, -0.2) is 9.37 Å². The number of carbonyl (C=O) groups excluding carboxylic acids is 1. The fourth-order valence-corrected chi connectivity index (χ4v) is 3.50. The zero-order valence-electron chi connectivity index (χ0n) is 14.3. The molecule has 0 saturated carbocycles. The third-order valence-corrected chi connectivity index (χ3v) is 4.94. The minimum absolute atomic E-state index is 0.00618. The third kappa shape index (κ3) is 3.08. The molecule has 1 amide bonds. The number of amides is 1. The van der Waals surface area contributed by atoms with Crippen LogP contribution < -0.4 is 0 Å². The van der Waals surface area contributed by atoms with E-state index < -0.39 is 0 Å². The highest BCUT2D eigenvalue weighted by atomic mass is 19.1. The van der Waals surface area contributed by atoms with E-state index in [0.29, 0.717) is 12.1 Å². The largest absolute Gasteiger partial charge is 0.394 e. The number of aliphatic hydroxyl groups is 1. The molecule has 1 aliphatic rings. The number of hydrogen-bond donors (Lipinski definition) is 1. The molecule has 1 fully saturated rings. The molecule has 6 heteroatoms. The summed E-state index contributed by atoms with van der Waals surface area (Å²) in [5.74, 6) is -0.354. The van der Waals surface area contributed by atoms with Crippen LogP contribution in [-0.2, 0) is 0 Å². The maximum absolute atomic E-state index is 13.1. The van der Waals surface area contributed by atoms with Gasteiger partial charge in [-0.1, -0.05) is 0 Å². The Labute approximate surface area is 150 Å². The number of piperidine rings is 1. The van der Waals surface area contributed by atoms with Crippen LogP contribution in [0, 0.1) is 5.82 Å². The van der Waals surface area contributed by atoms with E-state index in [2.05, 4.69) is 4.98 Å². The summed E-state index contributed by atoms with van der Waals surface area (Å²) in [4.78, 5) is 19.2. The lowest BCUT2D eigenvalue weighted by atomic mass is 10.0. The predicted molar refractivity (Wildman–Crippen MR) is 96.3 cm³/mol. The van der Waals surface area contributed by atoms with Crippen molar-refractivity contribution in [3.05, 3.63) is 60.2 Å². The second kappa shape index (κ2) is 6.88. The number of aliphatic hydroxyl groups excluding tert-OH is 1. The number of imidazole rings is 1. The maximum atomic E-state index is 13.1. The fourth-order valence-electron chi connectivity index (χ4n) is 3.50. The smallest absolute Gasteiger partial charge is 0.255 e. The van der Waals surface area contributed by atoms with Gasteiger partial charge in [0.15, 0.2) is 0 Å². The van der Waals surface area contributed by atoms with E-state index in [-0.39, 0.29) is 24.4 Å². The van der Waals surface area contributed by atoms with Gasteiger partial charge < -0.3 is 14.4 Å². The first kappa shape index (κ1) is 16.7. The Balaban J connectivity index is 1.65. The monoisotopic (exact) mass is 353 g/mol. The number of benzene rings is 1. The van der Waals surface area contributed by atoms with Crippen LogP contribution in [0.4, 0.5) is 4.39 Å². The number of carbonyl (C=O) groups is 1. The third-order valence-electron chi connectivity index (χ3n) is 4.94. The van der Waals surface area contributed by atoms with E-state index in [9.17, 15) is 14.3 Å². The molecule has 1 saturated heterocycles. The van der Waals surface area contributed by atoms with Crippen LogP contribution in [0.5, 0.6) is 0 Å². The van der Waals surface area contributed by atoms with Crippen molar-refractivity contribution < 1.29 is 14.3 Å². The van der Waals surface area contributed by atoms with Crippen molar-refractivity contribution in [3.8, 4) is 11.3 Å². The number of fused-ring (bicyclic) bond motifs is 1. The molecule has 1 aromatic carbocycles. The van der Waals surface area contributed by atoms with Crippen LogP contribution >= 0.6 is 0 Å². The number of halogens is 1. The van der Waals surface area contributed by atoms with Crippen LogP contribution in [-0.4, -0.2) is 44.5 Å². The first-order valence-corrected chi connectivity index (χ1v) is 8.82. The summed E-state index contributed by atoms with van der Waals surface area (Å²) in [5.41, 5.74) is 2.83. The molecule has 5 nitrogen and oxygen atoms in total. The number of hydrogen-bond acceptors (Lipinski definition) is 3. The molecular weight excluding hydrogens is 333 g/mol. The van der Waals surface area contributed by atoms with Gasteiger partial charge in [-0.15, -0.1) is 0 Å². The fraction of sp³-hybridized carbons (Fsp3) is 0.300. The standard InChI is InChI=1S/C20H20FN3O2/c21-16-7-4-14(5-8-16)18-12-23-11-15(6-9-19(23)22-18)20(26)24-10-2-1-3-17(24)13-25/h4-9,11-12,17,25H,1-3,10,13H2/t17-/m1/s1. The van der Waals surface area contributed by atoms with Gasteiger partial charge in [0.05, 0.1) is 23.9 Å². The molecule has 0 spiro atoms. The molecule has 3 heterocycles. The van der Waals surface area contributed by atoms with Crippen LogP contribution in [0.1, 0.15) is 29.6 Å². The first-order valence-electron chi connectivity index (χ1n) is 8.82. The van der Waals surface area contributed by atoms with Crippen LogP contribution in [0.15, 0.2) is 48.8 Å². The Hall–Kier alpha value is -2.73. The normalized spacial score (nSPS) is 17.6. The number of likely N-dealkylation sites (tertiary alicyclic amines) is 1.